The normalized spacial score (nSPS) is 21.6. The first kappa shape index (κ1) is 11.7. The number of nitrogens with two attached hydrogens (primary N) is 1. The Hall–Kier alpha value is -0.350. The Balaban J connectivity index is 2.64. The fraction of sp³-hybridized carbons (Fsp3) is 0.800. The summed E-state index contributed by atoms with van der Waals surface area (Å²) in [5.74, 6) is 0.675. The Labute approximate surface area is 86.4 Å². The molecule has 1 rings (SSSR count). The van der Waals surface area contributed by atoms with E-state index < -0.39 is 10.0 Å². The van der Waals surface area contributed by atoms with Crippen molar-refractivity contribution in [1.82, 2.24) is 0 Å². The molecule has 2 atom stereocenters. The third-order valence-corrected chi connectivity index (χ3v) is 4.36. The molecule has 3 nitrogen and oxygen atoms in total. The van der Waals surface area contributed by atoms with Gasteiger partial charge in [-0.15, -0.1) is 6.58 Å². The van der Waals surface area contributed by atoms with E-state index in [-0.39, 0.29) is 11.2 Å². The van der Waals surface area contributed by atoms with E-state index in [1.807, 2.05) is 6.92 Å². The van der Waals surface area contributed by atoms with Crippen LogP contribution >= 0.6 is 0 Å². The van der Waals surface area contributed by atoms with Gasteiger partial charge >= 0.3 is 0 Å². The van der Waals surface area contributed by atoms with Crippen LogP contribution in [-0.4, -0.2) is 13.7 Å². The topological polar surface area (TPSA) is 60.2 Å². The molecule has 0 radical (unpaired) electrons. The van der Waals surface area contributed by atoms with Crippen LogP contribution in [0.3, 0.4) is 0 Å². The van der Waals surface area contributed by atoms with Crippen molar-refractivity contribution in [3.63, 3.8) is 0 Å². The zero-order valence-electron chi connectivity index (χ0n) is 8.65. The van der Waals surface area contributed by atoms with Gasteiger partial charge in [-0.05, 0) is 24.7 Å². The minimum absolute atomic E-state index is 0.0862. The molecule has 0 aromatic heterocycles. The SMILES string of the molecule is C=CC[C@H](C)[C@@H](CC1CC1)S(N)(=O)=O. The Morgan fingerprint density at radius 1 is 1.57 bits per heavy atom. The van der Waals surface area contributed by atoms with Gasteiger partial charge in [0.15, 0.2) is 0 Å². The van der Waals surface area contributed by atoms with Crippen molar-refractivity contribution in [1.29, 1.82) is 0 Å². The Morgan fingerprint density at radius 2 is 2.14 bits per heavy atom. The van der Waals surface area contributed by atoms with Gasteiger partial charge in [0.25, 0.3) is 0 Å². The highest BCUT2D eigenvalue weighted by atomic mass is 32.2. The zero-order chi connectivity index (χ0) is 10.8. The lowest BCUT2D eigenvalue weighted by atomic mass is 9.99. The fourth-order valence-electron chi connectivity index (χ4n) is 1.79. The van der Waals surface area contributed by atoms with Gasteiger partial charge in [0, 0.05) is 0 Å². The van der Waals surface area contributed by atoms with Gasteiger partial charge in [-0.1, -0.05) is 25.8 Å². The third-order valence-electron chi connectivity index (χ3n) is 2.86. The minimum atomic E-state index is -3.39. The Morgan fingerprint density at radius 3 is 2.50 bits per heavy atom. The quantitative estimate of drug-likeness (QED) is 0.688. The monoisotopic (exact) mass is 217 g/mol. The van der Waals surface area contributed by atoms with Crippen molar-refractivity contribution in [3.8, 4) is 0 Å². The minimum Gasteiger partial charge on any atom is -0.228 e. The summed E-state index contributed by atoms with van der Waals surface area (Å²) in [6, 6.07) is 0. The maximum absolute atomic E-state index is 11.4. The molecule has 82 valence electrons. The number of sulfonamides is 1. The van der Waals surface area contributed by atoms with Crippen molar-refractivity contribution >= 4 is 10.0 Å². The highest BCUT2D eigenvalue weighted by Gasteiger charge is 2.34. The molecule has 1 aliphatic carbocycles. The largest absolute Gasteiger partial charge is 0.228 e. The summed E-state index contributed by atoms with van der Waals surface area (Å²) < 4.78 is 22.7. The van der Waals surface area contributed by atoms with Crippen LogP contribution in [0.4, 0.5) is 0 Å². The van der Waals surface area contributed by atoms with Crippen LogP contribution in [-0.2, 0) is 10.0 Å². The molecule has 0 aliphatic heterocycles. The average Bonchev–Trinajstić information content (AvgIpc) is 2.81. The van der Waals surface area contributed by atoms with Crippen LogP contribution in [0, 0.1) is 11.8 Å². The molecule has 0 aromatic rings. The molecule has 14 heavy (non-hydrogen) atoms. The summed E-state index contributed by atoms with van der Waals surface area (Å²) in [7, 11) is -3.39. The lowest BCUT2D eigenvalue weighted by molar-refractivity contribution is 0.473. The van der Waals surface area contributed by atoms with E-state index >= 15 is 0 Å². The van der Waals surface area contributed by atoms with Crippen LogP contribution in [0.5, 0.6) is 0 Å². The first-order valence-corrected chi connectivity index (χ1v) is 6.68. The maximum atomic E-state index is 11.4. The van der Waals surface area contributed by atoms with Gasteiger partial charge in [0.2, 0.25) is 10.0 Å². The predicted molar refractivity (Wildman–Crippen MR) is 58.2 cm³/mol. The van der Waals surface area contributed by atoms with Crippen LogP contribution in [0.25, 0.3) is 0 Å². The third kappa shape index (κ3) is 3.42. The summed E-state index contributed by atoms with van der Waals surface area (Å²) in [4.78, 5) is 0. The molecule has 1 saturated carbocycles. The zero-order valence-corrected chi connectivity index (χ0v) is 9.46. The van der Waals surface area contributed by atoms with Crippen molar-refractivity contribution in [2.75, 3.05) is 0 Å². The molecule has 1 aliphatic rings. The molecule has 0 spiro atoms. The Bertz CT molecular complexity index is 293. The molecule has 0 bridgehead atoms. The van der Waals surface area contributed by atoms with E-state index in [0.717, 1.165) is 19.3 Å². The summed E-state index contributed by atoms with van der Waals surface area (Å²) in [6.07, 6.45) is 5.52. The molecule has 2 N–H and O–H groups in total. The van der Waals surface area contributed by atoms with Gasteiger partial charge in [0.05, 0.1) is 5.25 Å². The second kappa shape index (κ2) is 4.45. The van der Waals surface area contributed by atoms with Gasteiger partial charge in [-0.3, -0.25) is 0 Å². The number of primary sulfonamides is 1. The fourth-order valence-corrected chi connectivity index (χ4v) is 3.09. The lowest BCUT2D eigenvalue weighted by Crippen LogP contribution is -2.34. The van der Waals surface area contributed by atoms with Crippen LogP contribution < -0.4 is 5.14 Å². The van der Waals surface area contributed by atoms with Crippen LogP contribution in [0.15, 0.2) is 12.7 Å². The molecule has 0 aromatic carbocycles. The predicted octanol–water partition coefficient (Wildman–Crippen LogP) is 1.66. The van der Waals surface area contributed by atoms with Crippen molar-refractivity contribution in [3.05, 3.63) is 12.7 Å². The molecule has 0 saturated heterocycles. The summed E-state index contributed by atoms with van der Waals surface area (Å²) in [6.45, 7) is 5.55. The molecule has 0 unspecified atom stereocenters. The molecular weight excluding hydrogens is 198 g/mol. The van der Waals surface area contributed by atoms with Crippen LogP contribution in [0.1, 0.15) is 32.6 Å². The number of allylic oxidation sites excluding steroid dienone is 1. The maximum Gasteiger partial charge on any atom is 0.212 e. The van der Waals surface area contributed by atoms with E-state index in [1.54, 1.807) is 6.08 Å². The second-order valence-electron chi connectivity index (χ2n) is 4.31. The standard InChI is InChI=1S/C10H19NO2S/c1-3-4-8(2)10(14(11,12)13)7-9-5-6-9/h3,8-10H,1,4-7H2,2H3,(H2,11,12,13)/t8-,10+/m0/s1. The van der Waals surface area contributed by atoms with Crippen molar-refractivity contribution in [2.45, 2.75) is 37.9 Å². The molecule has 1 fully saturated rings. The highest BCUT2D eigenvalue weighted by Crippen LogP contribution is 2.37. The summed E-state index contributed by atoms with van der Waals surface area (Å²) in [5.41, 5.74) is 0. The van der Waals surface area contributed by atoms with E-state index in [0.29, 0.717) is 12.3 Å². The summed E-state index contributed by atoms with van der Waals surface area (Å²) in [5, 5.41) is 4.84. The Kier molecular flexibility index (Phi) is 3.72. The molecule has 0 amide bonds. The van der Waals surface area contributed by atoms with E-state index in [1.165, 1.54) is 0 Å². The number of hydrogen-bond donors (Lipinski definition) is 1. The van der Waals surface area contributed by atoms with Gasteiger partial charge in [-0.25, -0.2) is 13.6 Å². The van der Waals surface area contributed by atoms with Gasteiger partial charge in [0.1, 0.15) is 0 Å². The highest BCUT2D eigenvalue weighted by molar-refractivity contribution is 7.89. The first-order valence-electron chi connectivity index (χ1n) is 5.07. The molecule has 4 heteroatoms. The van der Waals surface area contributed by atoms with Crippen molar-refractivity contribution < 1.29 is 8.42 Å². The molecule has 0 heterocycles. The lowest BCUT2D eigenvalue weighted by Gasteiger charge is -2.20. The van der Waals surface area contributed by atoms with Gasteiger partial charge in [-0.2, -0.15) is 0 Å². The van der Waals surface area contributed by atoms with Crippen LogP contribution in [0.2, 0.25) is 0 Å². The van der Waals surface area contributed by atoms with Crippen molar-refractivity contribution in [2.24, 2.45) is 17.0 Å². The number of rotatable bonds is 6. The van der Waals surface area contributed by atoms with E-state index in [9.17, 15) is 8.42 Å². The average molecular weight is 217 g/mol. The van der Waals surface area contributed by atoms with Gasteiger partial charge < -0.3 is 0 Å². The van der Waals surface area contributed by atoms with E-state index in [2.05, 4.69) is 6.58 Å². The number of hydrogen-bond acceptors (Lipinski definition) is 2. The van der Waals surface area contributed by atoms with E-state index in [4.69, 9.17) is 5.14 Å². The second-order valence-corrected chi connectivity index (χ2v) is 6.09. The first-order chi connectivity index (χ1) is 6.45. The summed E-state index contributed by atoms with van der Waals surface area (Å²) >= 11 is 0. The molecular formula is C10H19NO2S. The smallest absolute Gasteiger partial charge is 0.212 e.